The minimum absolute atomic E-state index is 0.0927. The molecule has 84 valence electrons. The van der Waals surface area contributed by atoms with Crippen molar-refractivity contribution in [2.24, 2.45) is 5.41 Å². The van der Waals surface area contributed by atoms with Gasteiger partial charge in [-0.25, -0.2) is 4.79 Å². The molecule has 1 aliphatic carbocycles. The van der Waals surface area contributed by atoms with Crippen LogP contribution in [0.2, 0.25) is 0 Å². The summed E-state index contributed by atoms with van der Waals surface area (Å²) < 4.78 is 4.67. The van der Waals surface area contributed by atoms with Gasteiger partial charge in [0.25, 0.3) is 0 Å². The van der Waals surface area contributed by atoms with Crippen LogP contribution in [0.4, 0.5) is 4.79 Å². The van der Waals surface area contributed by atoms with Crippen molar-refractivity contribution >= 4 is 11.9 Å². The monoisotopic (exact) mass is 211 g/mol. The van der Waals surface area contributed by atoms with Gasteiger partial charge >= 0.3 is 6.09 Å². The van der Waals surface area contributed by atoms with E-state index in [2.05, 4.69) is 4.74 Å². The molecule has 2 aliphatic rings. The summed E-state index contributed by atoms with van der Waals surface area (Å²) in [7, 11) is 1.40. The van der Waals surface area contributed by atoms with Gasteiger partial charge in [-0.2, -0.15) is 0 Å². The summed E-state index contributed by atoms with van der Waals surface area (Å²) in [6.07, 6.45) is 4.15. The molecule has 0 unspecified atom stereocenters. The van der Waals surface area contributed by atoms with E-state index in [1.54, 1.807) is 4.90 Å². The average molecular weight is 211 g/mol. The van der Waals surface area contributed by atoms with Gasteiger partial charge in [0.05, 0.1) is 7.11 Å². The van der Waals surface area contributed by atoms with E-state index in [0.29, 0.717) is 18.9 Å². The number of piperidine rings is 1. The van der Waals surface area contributed by atoms with E-state index in [1.807, 2.05) is 0 Å². The first-order valence-electron chi connectivity index (χ1n) is 5.54. The van der Waals surface area contributed by atoms with Crippen molar-refractivity contribution in [3.8, 4) is 0 Å². The molecule has 0 atom stereocenters. The van der Waals surface area contributed by atoms with E-state index in [0.717, 1.165) is 32.1 Å². The van der Waals surface area contributed by atoms with Crippen LogP contribution in [0.5, 0.6) is 0 Å². The van der Waals surface area contributed by atoms with Crippen molar-refractivity contribution in [3.63, 3.8) is 0 Å². The van der Waals surface area contributed by atoms with E-state index in [1.165, 1.54) is 7.11 Å². The van der Waals surface area contributed by atoms with Gasteiger partial charge in [-0.05, 0) is 25.7 Å². The number of carbonyl (C=O) groups excluding carboxylic acids is 2. The Labute approximate surface area is 89.6 Å². The Morgan fingerprint density at radius 1 is 1.33 bits per heavy atom. The number of ether oxygens (including phenoxy) is 1. The summed E-state index contributed by atoms with van der Waals surface area (Å²) in [5, 5.41) is 0. The molecule has 0 bridgehead atoms. The predicted molar refractivity (Wildman–Crippen MR) is 54.5 cm³/mol. The molecule has 1 amide bonds. The van der Waals surface area contributed by atoms with Crippen LogP contribution in [0.15, 0.2) is 0 Å². The lowest BCUT2D eigenvalue weighted by atomic mass is 9.76. The Morgan fingerprint density at radius 3 is 2.47 bits per heavy atom. The van der Waals surface area contributed by atoms with Crippen LogP contribution in [0, 0.1) is 5.41 Å². The van der Waals surface area contributed by atoms with Gasteiger partial charge in [0.2, 0.25) is 0 Å². The lowest BCUT2D eigenvalue weighted by Gasteiger charge is -2.37. The highest BCUT2D eigenvalue weighted by Crippen LogP contribution is 2.43. The number of ketones is 1. The zero-order valence-corrected chi connectivity index (χ0v) is 9.12. The number of methoxy groups -OCH3 is 1. The Bertz CT molecular complexity index is 280. The molecule has 2 rings (SSSR count). The molecule has 1 saturated heterocycles. The molecule has 4 nitrogen and oxygen atoms in total. The molecule has 0 aromatic carbocycles. The van der Waals surface area contributed by atoms with Gasteiger partial charge < -0.3 is 9.64 Å². The van der Waals surface area contributed by atoms with Crippen LogP contribution in [0.25, 0.3) is 0 Å². The van der Waals surface area contributed by atoms with E-state index < -0.39 is 0 Å². The summed E-state index contributed by atoms with van der Waals surface area (Å²) in [6, 6.07) is 0. The fourth-order valence-electron chi connectivity index (χ4n) is 2.77. The molecule has 1 spiro atoms. The van der Waals surface area contributed by atoms with E-state index >= 15 is 0 Å². The zero-order chi connectivity index (χ0) is 10.9. The summed E-state index contributed by atoms with van der Waals surface area (Å²) in [6.45, 7) is 1.33. The third kappa shape index (κ3) is 1.73. The minimum Gasteiger partial charge on any atom is -0.453 e. The Kier molecular flexibility index (Phi) is 2.67. The third-order valence-corrected chi connectivity index (χ3v) is 3.80. The molecule has 0 aromatic heterocycles. The highest BCUT2D eigenvalue weighted by atomic mass is 16.5. The van der Waals surface area contributed by atoms with Crippen molar-refractivity contribution in [1.29, 1.82) is 0 Å². The van der Waals surface area contributed by atoms with Crippen LogP contribution >= 0.6 is 0 Å². The second kappa shape index (κ2) is 3.83. The summed E-state index contributed by atoms with van der Waals surface area (Å²) in [5.41, 5.74) is -0.0927. The van der Waals surface area contributed by atoms with Crippen LogP contribution < -0.4 is 0 Å². The first kappa shape index (κ1) is 10.5. The highest BCUT2D eigenvalue weighted by Gasteiger charge is 2.44. The molecule has 2 fully saturated rings. The summed E-state index contributed by atoms with van der Waals surface area (Å²) in [4.78, 5) is 24.7. The smallest absolute Gasteiger partial charge is 0.409 e. The molecule has 1 saturated carbocycles. The SMILES string of the molecule is COC(=O)N1CCC2(CCCC2=O)CC1. The summed E-state index contributed by atoms with van der Waals surface area (Å²) in [5.74, 6) is 0.409. The molecule has 1 aliphatic heterocycles. The van der Waals surface area contributed by atoms with E-state index in [4.69, 9.17) is 0 Å². The van der Waals surface area contributed by atoms with Gasteiger partial charge in [0.15, 0.2) is 0 Å². The van der Waals surface area contributed by atoms with E-state index in [9.17, 15) is 9.59 Å². The maximum absolute atomic E-state index is 11.8. The molecule has 0 aromatic rings. The fourth-order valence-corrected chi connectivity index (χ4v) is 2.77. The van der Waals surface area contributed by atoms with Crippen LogP contribution in [-0.2, 0) is 9.53 Å². The first-order valence-corrected chi connectivity index (χ1v) is 5.54. The average Bonchev–Trinajstić information content (AvgIpc) is 2.61. The number of nitrogens with zero attached hydrogens (tertiary/aromatic N) is 1. The molecule has 4 heteroatoms. The molecule has 15 heavy (non-hydrogen) atoms. The van der Waals surface area contributed by atoms with Gasteiger partial charge in [0, 0.05) is 24.9 Å². The first-order chi connectivity index (χ1) is 7.18. The van der Waals surface area contributed by atoms with Gasteiger partial charge in [-0.15, -0.1) is 0 Å². The number of carbonyl (C=O) groups is 2. The van der Waals surface area contributed by atoms with Crippen molar-refractivity contribution in [2.75, 3.05) is 20.2 Å². The molecule has 1 heterocycles. The zero-order valence-electron chi connectivity index (χ0n) is 9.12. The molecule has 0 radical (unpaired) electrons. The second-order valence-electron chi connectivity index (χ2n) is 4.51. The Hall–Kier alpha value is -1.06. The van der Waals surface area contributed by atoms with Crippen LogP contribution in [-0.4, -0.2) is 37.0 Å². The molecular formula is C11H17NO3. The Morgan fingerprint density at radius 2 is 2.00 bits per heavy atom. The number of rotatable bonds is 0. The third-order valence-electron chi connectivity index (χ3n) is 3.80. The van der Waals surface area contributed by atoms with Crippen molar-refractivity contribution in [1.82, 2.24) is 4.90 Å². The van der Waals surface area contributed by atoms with Gasteiger partial charge in [-0.1, -0.05) is 0 Å². The topological polar surface area (TPSA) is 46.6 Å². The molecule has 0 N–H and O–H groups in total. The number of amides is 1. The van der Waals surface area contributed by atoms with Crippen molar-refractivity contribution in [2.45, 2.75) is 32.1 Å². The Balaban J connectivity index is 1.97. The number of likely N-dealkylation sites (tertiary alicyclic amines) is 1. The van der Waals surface area contributed by atoms with Crippen molar-refractivity contribution in [3.05, 3.63) is 0 Å². The normalized spacial score (nSPS) is 24.6. The standard InChI is InChI=1S/C11H17NO3/c1-15-10(14)12-7-5-11(6-8-12)4-2-3-9(11)13/h2-8H2,1H3. The van der Waals surface area contributed by atoms with E-state index in [-0.39, 0.29) is 11.5 Å². The number of hydrogen-bond donors (Lipinski definition) is 0. The predicted octanol–water partition coefficient (Wildman–Crippen LogP) is 1.59. The number of Topliss-reactive ketones (excluding diaryl/α,β-unsaturated/α-hetero) is 1. The highest BCUT2D eigenvalue weighted by molar-refractivity contribution is 5.87. The fraction of sp³-hybridized carbons (Fsp3) is 0.818. The number of hydrogen-bond acceptors (Lipinski definition) is 3. The lowest BCUT2D eigenvalue weighted by molar-refractivity contribution is -0.128. The van der Waals surface area contributed by atoms with Crippen LogP contribution in [0.1, 0.15) is 32.1 Å². The molecular weight excluding hydrogens is 194 g/mol. The van der Waals surface area contributed by atoms with Gasteiger partial charge in [-0.3, -0.25) is 4.79 Å². The quantitative estimate of drug-likeness (QED) is 0.611. The maximum atomic E-state index is 11.8. The van der Waals surface area contributed by atoms with Gasteiger partial charge in [0.1, 0.15) is 5.78 Å². The van der Waals surface area contributed by atoms with Crippen LogP contribution in [0.3, 0.4) is 0 Å². The lowest BCUT2D eigenvalue weighted by Crippen LogP contribution is -2.44. The summed E-state index contributed by atoms with van der Waals surface area (Å²) >= 11 is 0. The second-order valence-corrected chi connectivity index (χ2v) is 4.51. The largest absolute Gasteiger partial charge is 0.453 e. The minimum atomic E-state index is -0.268. The maximum Gasteiger partial charge on any atom is 0.409 e. The van der Waals surface area contributed by atoms with Crippen molar-refractivity contribution < 1.29 is 14.3 Å².